The molecule has 0 radical (unpaired) electrons. The zero-order chi connectivity index (χ0) is 28.3. The van der Waals surface area contributed by atoms with E-state index in [4.69, 9.17) is 0 Å². The first-order valence-corrected chi connectivity index (χ1v) is 14.2. The van der Waals surface area contributed by atoms with Crippen LogP contribution in [0.25, 0.3) is 32.7 Å². The van der Waals surface area contributed by atoms with Crippen LogP contribution in [-0.2, 0) is 5.41 Å². The number of fused-ring (bicyclic) bond motifs is 5. The predicted octanol–water partition coefficient (Wildman–Crippen LogP) is 11.4. The Morgan fingerprint density at radius 2 is 0.488 bits per heavy atom. The van der Waals surface area contributed by atoms with Crippen LogP contribution in [0.1, 0.15) is 25.0 Å². The van der Waals surface area contributed by atoms with Gasteiger partial charge in [0.2, 0.25) is 0 Å². The highest BCUT2D eigenvalue weighted by molar-refractivity contribution is 5.83. The average molecular weight is 529 g/mol. The van der Waals surface area contributed by atoms with Gasteiger partial charge in [-0.3, -0.25) is 0 Å². The summed E-state index contributed by atoms with van der Waals surface area (Å²) in [6.07, 6.45) is 0. The minimum Gasteiger partial charge on any atom is -0.0623 e. The first-order chi connectivity index (χ1) is 20.1. The van der Waals surface area contributed by atoms with E-state index in [1.807, 2.05) is 36.4 Å². The van der Waals surface area contributed by atoms with Gasteiger partial charge in [0.25, 0.3) is 0 Å². The lowest BCUT2D eigenvalue weighted by atomic mass is 9.82. The third-order valence-corrected chi connectivity index (χ3v) is 7.48. The van der Waals surface area contributed by atoms with Crippen molar-refractivity contribution in [2.45, 2.75) is 19.3 Å². The van der Waals surface area contributed by atoms with E-state index in [0.717, 1.165) is 0 Å². The van der Waals surface area contributed by atoms with Crippen LogP contribution in [0.2, 0.25) is 0 Å². The van der Waals surface area contributed by atoms with Crippen molar-refractivity contribution in [2.24, 2.45) is 0 Å². The van der Waals surface area contributed by atoms with Gasteiger partial charge >= 0.3 is 0 Å². The molecule has 7 aromatic carbocycles. The van der Waals surface area contributed by atoms with Gasteiger partial charge in [-0.25, -0.2) is 0 Å². The maximum Gasteiger partial charge on any atom is 0.0158 e. The van der Waals surface area contributed by atoms with Crippen LogP contribution < -0.4 is 0 Å². The second-order valence-electron chi connectivity index (χ2n) is 10.6. The molecule has 0 bridgehead atoms. The summed E-state index contributed by atoms with van der Waals surface area (Å²) in [7, 11) is 0. The third kappa shape index (κ3) is 6.80. The van der Waals surface area contributed by atoms with Gasteiger partial charge in [0.15, 0.2) is 0 Å². The van der Waals surface area contributed by atoms with Crippen LogP contribution in [0.3, 0.4) is 0 Å². The standard InChI is InChI=1S/C15H14.2C10H8.C6H6/c1-15(2)13-9-5-3-7-11(13)12-8-4-6-10-14(12)15;2*1-2-6-10-8-4-3-7-9(10)5-1;1-2-4-6-5-3-1/h3-10H,1-2H3;2*1-8H;1-6H. The number of benzene rings is 7. The molecule has 0 heteroatoms. The minimum atomic E-state index is 0.160. The van der Waals surface area contributed by atoms with Gasteiger partial charge < -0.3 is 0 Å². The SMILES string of the molecule is CC1(C)c2ccccc2-c2ccccc21.c1ccc2ccccc2c1.c1ccc2ccccc2c1.c1ccccc1. The highest BCUT2D eigenvalue weighted by atomic mass is 14.4. The van der Waals surface area contributed by atoms with E-state index >= 15 is 0 Å². The molecule has 0 atom stereocenters. The summed E-state index contributed by atoms with van der Waals surface area (Å²) in [6.45, 7) is 4.61. The molecule has 0 aromatic heterocycles. The van der Waals surface area contributed by atoms with E-state index in [2.05, 4.69) is 159 Å². The summed E-state index contributed by atoms with van der Waals surface area (Å²) in [4.78, 5) is 0. The van der Waals surface area contributed by atoms with Crippen LogP contribution in [0, 0.1) is 0 Å². The minimum absolute atomic E-state index is 0.160. The van der Waals surface area contributed by atoms with E-state index in [9.17, 15) is 0 Å². The maximum absolute atomic E-state index is 2.30. The van der Waals surface area contributed by atoms with Crippen LogP contribution >= 0.6 is 0 Å². The first-order valence-electron chi connectivity index (χ1n) is 14.2. The van der Waals surface area contributed by atoms with Crippen LogP contribution in [-0.4, -0.2) is 0 Å². The molecule has 41 heavy (non-hydrogen) atoms. The van der Waals surface area contributed by atoms with Gasteiger partial charge in [-0.15, -0.1) is 0 Å². The summed E-state index contributed by atoms with van der Waals surface area (Å²) < 4.78 is 0. The molecular formula is C41H36. The lowest BCUT2D eigenvalue weighted by Gasteiger charge is -2.20. The summed E-state index contributed by atoms with van der Waals surface area (Å²) in [5, 5.41) is 5.24. The molecule has 0 saturated carbocycles. The van der Waals surface area contributed by atoms with Crippen molar-refractivity contribution in [3.63, 3.8) is 0 Å². The van der Waals surface area contributed by atoms with Crippen molar-refractivity contribution in [1.29, 1.82) is 0 Å². The molecule has 200 valence electrons. The zero-order valence-corrected chi connectivity index (χ0v) is 23.8. The highest BCUT2D eigenvalue weighted by Gasteiger charge is 2.34. The van der Waals surface area contributed by atoms with E-state index < -0.39 is 0 Å². The van der Waals surface area contributed by atoms with E-state index in [1.54, 1.807) is 0 Å². The lowest BCUT2D eigenvalue weighted by molar-refractivity contribution is 0.660. The Morgan fingerprint density at radius 1 is 0.268 bits per heavy atom. The molecule has 0 amide bonds. The van der Waals surface area contributed by atoms with E-state index in [0.29, 0.717) is 0 Å². The number of hydrogen-bond acceptors (Lipinski definition) is 0. The Bertz CT molecular complexity index is 1540. The van der Waals surface area contributed by atoms with E-state index in [-0.39, 0.29) is 5.41 Å². The fourth-order valence-electron chi connectivity index (χ4n) is 5.32. The van der Waals surface area contributed by atoms with Crippen LogP contribution in [0.4, 0.5) is 0 Å². The van der Waals surface area contributed by atoms with Gasteiger partial charge in [-0.2, -0.15) is 0 Å². The van der Waals surface area contributed by atoms with E-state index in [1.165, 1.54) is 43.8 Å². The largest absolute Gasteiger partial charge is 0.0623 e. The molecule has 1 aliphatic carbocycles. The van der Waals surface area contributed by atoms with Crippen molar-refractivity contribution in [2.75, 3.05) is 0 Å². The second-order valence-corrected chi connectivity index (χ2v) is 10.6. The Balaban J connectivity index is 0.000000115. The lowest BCUT2D eigenvalue weighted by Crippen LogP contribution is -2.14. The average Bonchev–Trinajstić information content (AvgIpc) is 3.29. The predicted molar refractivity (Wildman–Crippen MR) is 178 cm³/mol. The van der Waals surface area contributed by atoms with Crippen molar-refractivity contribution in [3.05, 3.63) is 193 Å². The molecule has 0 nitrogen and oxygen atoms in total. The summed E-state index contributed by atoms with van der Waals surface area (Å²) in [5.74, 6) is 0. The molecular weight excluding hydrogens is 492 g/mol. The smallest absolute Gasteiger partial charge is 0.0158 e. The van der Waals surface area contributed by atoms with Crippen LogP contribution in [0.5, 0.6) is 0 Å². The topological polar surface area (TPSA) is 0 Å². The molecule has 0 heterocycles. The second kappa shape index (κ2) is 13.4. The Morgan fingerprint density at radius 3 is 0.756 bits per heavy atom. The van der Waals surface area contributed by atoms with Gasteiger partial charge in [-0.1, -0.05) is 196 Å². The number of rotatable bonds is 0. The van der Waals surface area contributed by atoms with Crippen molar-refractivity contribution in [3.8, 4) is 11.1 Å². The Kier molecular flexibility index (Phi) is 9.04. The van der Waals surface area contributed by atoms with Crippen molar-refractivity contribution in [1.82, 2.24) is 0 Å². The van der Waals surface area contributed by atoms with Gasteiger partial charge in [-0.05, 0) is 43.8 Å². The third-order valence-electron chi connectivity index (χ3n) is 7.48. The molecule has 0 unspecified atom stereocenters. The molecule has 0 fully saturated rings. The fraction of sp³-hybridized carbons (Fsp3) is 0.0732. The monoisotopic (exact) mass is 528 g/mol. The quantitative estimate of drug-likeness (QED) is 0.184. The molecule has 8 rings (SSSR count). The summed E-state index contributed by atoms with van der Waals surface area (Å²) in [5.41, 5.74) is 5.86. The summed E-state index contributed by atoms with van der Waals surface area (Å²) in [6, 6.07) is 62.9. The Hall–Kier alpha value is -4.94. The van der Waals surface area contributed by atoms with Crippen molar-refractivity contribution >= 4 is 21.5 Å². The molecule has 1 aliphatic rings. The summed E-state index contributed by atoms with van der Waals surface area (Å²) >= 11 is 0. The van der Waals surface area contributed by atoms with Crippen molar-refractivity contribution < 1.29 is 0 Å². The van der Waals surface area contributed by atoms with Gasteiger partial charge in [0.05, 0.1) is 0 Å². The molecule has 0 N–H and O–H groups in total. The maximum atomic E-state index is 2.30. The zero-order valence-electron chi connectivity index (χ0n) is 23.8. The van der Waals surface area contributed by atoms with Crippen LogP contribution in [0.15, 0.2) is 182 Å². The Labute approximate surface area is 244 Å². The highest BCUT2D eigenvalue weighted by Crippen LogP contribution is 2.47. The van der Waals surface area contributed by atoms with Gasteiger partial charge in [0, 0.05) is 5.41 Å². The molecule has 7 aromatic rings. The molecule has 0 saturated heterocycles. The first kappa shape index (κ1) is 27.6. The van der Waals surface area contributed by atoms with Gasteiger partial charge in [0.1, 0.15) is 0 Å². The number of hydrogen-bond donors (Lipinski definition) is 0. The molecule has 0 aliphatic heterocycles. The fourth-order valence-corrected chi connectivity index (χ4v) is 5.32. The normalized spacial score (nSPS) is 11.9. The molecule has 0 spiro atoms.